The first-order valence-corrected chi connectivity index (χ1v) is 28.0. The maximum absolute atomic E-state index is 6.82. The topological polar surface area (TPSA) is 98.2 Å². The lowest BCUT2D eigenvalue weighted by Crippen LogP contribution is -2.56. The normalized spacial score (nSPS) is 12.8. The van der Waals surface area contributed by atoms with E-state index >= 15 is 0 Å². The Balaban J connectivity index is 1.61. The van der Waals surface area contributed by atoms with Crippen LogP contribution in [0.25, 0.3) is 0 Å². The Morgan fingerprint density at radius 3 is 1.12 bits per heavy atom. The molecule has 2 aromatic carbocycles. The first-order chi connectivity index (χ1) is 20.1. The van der Waals surface area contributed by atoms with Gasteiger partial charge in [0.25, 0.3) is 0 Å². The second-order valence-electron chi connectivity index (χ2n) is 13.8. The van der Waals surface area contributed by atoms with Gasteiger partial charge < -0.3 is 33.3 Å². The Kier molecular flexibility index (Phi) is 15.5. The SMILES string of the molecule is C[Si](C)(CCCCCCOc1ccc(N)cc1)O[Si](C)(C)O[Si](C)(C)O[Si](C)(C)CCCCCCOc1ccc(N)cc1. The van der Waals surface area contributed by atoms with Gasteiger partial charge in [-0.15, -0.1) is 0 Å². The molecule has 7 nitrogen and oxygen atoms in total. The monoisotopic (exact) mass is 664 g/mol. The van der Waals surface area contributed by atoms with E-state index in [0.29, 0.717) is 0 Å². The van der Waals surface area contributed by atoms with Gasteiger partial charge in [-0.25, -0.2) is 0 Å². The van der Waals surface area contributed by atoms with Crippen LogP contribution in [0, 0.1) is 0 Å². The maximum Gasteiger partial charge on any atom is 0.312 e. The van der Waals surface area contributed by atoms with Crippen LogP contribution >= 0.6 is 0 Å². The van der Waals surface area contributed by atoms with Crippen LogP contribution in [0.3, 0.4) is 0 Å². The number of benzene rings is 2. The summed E-state index contributed by atoms with van der Waals surface area (Å²) in [6, 6.07) is 17.5. The van der Waals surface area contributed by atoms with E-state index in [9.17, 15) is 0 Å². The molecule has 0 bridgehead atoms. The summed E-state index contributed by atoms with van der Waals surface area (Å²) in [5.74, 6) is 1.77. The molecule has 43 heavy (non-hydrogen) atoms. The molecule has 0 saturated carbocycles. The molecule has 0 atom stereocenters. The number of nitrogen functional groups attached to an aromatic ring is 2. The Morgan fingerprint density at radius 2 is 0.767 bits per heavy atom. The van der Waals surface area contributed by atoms with Gasteiger partial charge in [0.2, 0.25) is 0 Å². The van der Waals surface area contributed by atoms with Crippen molar-refractivity contribution in [3.8, 4) is 11.5 Å². The van der Waals surface area contributed by atoms with Crippen LogP contribution in [0.5, 0.6) is 11.5 Å². The lowest BCUT2D eigenvalue weighted by Gasteiger charge is -2.41. The molecule has 244 valence electrons. The number of anilines is 2. The summed E-state index contributed by atoms with van der Waals surface area (Å²) in [6.07, 6.45) is 9.24. The average Bonchev–Trinajstić information content (AvgIpc) is 2.87. The molecule has 2 aromatic rings. The zero-order chi connectivity index (χ0) is 32.0. The molecule has 0 amide bonds. The van der Waals surface area contributed by atoms with Gasteiger partial charge in [0.05, 0.1) is 13.2 Å². The summed E-state index contributed by atoms with van der Waals surface area (Å²) < 4.78 is 32.0. The molecule has 11 heteroatoms. The molecule has 2 rings (SSSR count). The van der Waals surface area contributed by atoms with E-state index in [1.54, 1.807) is 0 Å². The van der Waals surface area contributed by atoms with Crippen LogP contribution in [0.15, 0.2) is 48.5 Å². The van der Waals surface area contributed by atoms with Crippen LogP contribution < -0.4 is 20.9 Å². The first kappa shape index (κ1) is 37.6. The van der Waals surface area contributed by atoms with Gasteiger partial charge in [0.15, 0.2) is 16.6 Å². The van der Waals surface area contributed by atoms with E-state index in [2.05, 4.69) is 52.4 Å². The first-order valence-electron chi connectivity index (χ1n) is 16.1. The second-order valence-corrected chi connectivity index (χ2v) is 29.9. The van der Waals surface area contributed by atoms with Gasteiger partial charge in [-0.1, -0.05) is 38.5 Å². The fraction of sp³-hybridized carbons (Fsp3) is 0.625. The third-order valence-corrected chi connectivity index (χ3v) is 22.6. The van der Waals surface area contributed by atoms with Gasteiger partial charge in [-0.3, -0.25) is 0 Å². The van der Waals surface area contributed by atoms with Crippen molar-refractivity contribution >= 4 is 45.1 Å². The van der Waals surface area contributed by atoms with Crippen LogP contribution in [0.2, 0.25) is 64.5 Å². The second kappa shape index (κ2) is 17.8. The molecule has 4 N–H and O–H groups in total. The van der Waals surface area contributed by atoms with Crippen LogP contribution in [-0.2, 0) is 12.3 Å². The van der Waals surface area contributed by atoms with Crippen molar-refractivity contribution in [1.82, 2.24) is 0 Å². The predicted molar refractivity (Wildman–Crippen MR) is 192 cm³/mol. The van der Waals surface area contributed by atoms with Crippen LogP contribution in [0.1, 0.15) is 51.4 Å². The van der Waals surface area contributed by atoms with E-state index in [-0.39, 0.29) is 0 Å². The third-order valence-electron chi connectivity index (χ3n) is 7.18. The van der Waals surface area contributed by atoms with Crippen molar-refractivity contribution in [2.24, 2.45) is 0 Å². The fourth-order valence-corrected chi connectivity index (χ4v) is 25.1. The number of hydrogen-bond acceptors (Lipinski definition) is 7. The van der Waals surface area contributed by atoms with E-state index in [1.807, 2.05) is 48.5 Å². The van der Waals surface area contributed by atoms with Gasteiger partial charge in [-0.05, 0) is 126 Å². The van der Waals surface area contributed by atoms with Crippen molar-refractivity contribution in [2.45, 2.75) is 116 Å². The zero-order valence-corrected chi connectivity index (χ0v) is 32.3. The molecule has 0 fully saturated rings. The summed E-state index contributed by atoms with van der Waals surface area (Å²) >= 11 is 0. The molecular weight excluding hydrogens is 605 g/mol. The minimum absolute atomic E-state index is 0.745. The average molecular weight is 665 g/mol. The van der Waals surface area contributed by atoms with E-state index < -0.39 is 33.8 Å². The van der Waals surface area contributed by atoms with Gasteiger partial charge in [0.1, 0.15) is 11.5 Å². The Labute approximate surface area is 266 Å². The molecule has 0 aromatic heterocycles. The highest BCUT2D eigenvalue weighted by molar-refractivity contribution is 6.89. The summed E-state index contributed by atoms with van der Waals surface area (Å²) in [5.41, 5.74) is 13.0. The Hall–Kier alpha value is -1.61. The highest BCUT2D eigenvalue weighted by Gasteiger charge is 2.43. The Bertz CT molecular complexity index is 967. The fourth-order valence-electron chi connectivity index (χ4n) is 5.59. The molecule has 0 heterocycles. The maximum atomic E-state index is 6.82. The predicted octanol–water partition coefficient (Wildman–Crippen LogP) is 9.29. The number of ether oxygens (including phenoxy) is 2. The van der Waals surface area contributed by atoms with Crippen molar-refractivity contribution in [3.05, 3.63) is 48.5 Å². The van der Waals surface area contributed by atoms with Crippen molar-refractivity contribution < 1.29 is 21.8 Å². The highest BCUT2D eigenvalue weighted by Crippen LogP contribution is 2.28. The van der Waals surface area contributed by atoms with Crippen LogP contribution in [-0.4, -0.2) is 47.0 Å². The zero-order valence-electron chi connectivity index (χ0n) is 28.3. The Morgan fingerprint density at radius 1 is 0.442 bits per heavy atom. The summed E-state index contributed by atoms with van der Waals surface area (Å²) in [6.45, 7) is 19.7. The standard InChI is InChI=1S/C32H60N2O5Si4/c1-40(2,27-15-11-9-13-25-35-31-21-17-29(33)18-22-31)37-42(5,6)39-43(7,8)38-41(3,4)28-16-12-10-14-26-36-32-23-19-30(34)20-24-32/h17-24H,9-16,25-28,33-34H2,1-8H3. The van der Waals surface area contributed by atoms with Gasteiger partial charge in [0, 0.05) is 11.4 Å². The van der Waals surface area contributed by atoms with E-state index in [4.69, 9.17) is 33.3 Å². The molecule has 0 saturated heterocycles. The lowest BCUT2D eigenvalue weighted by molar-refractivity contribution is 0.305. The van der Waals surface area contributed by atoms with Crippen LogP contribution in [0.4, 0.5) is 11.4 Å². The highest BCUT2D eigenvalue weighted by atomic mass is 28.5. The molecule has 0 radical (unpaired) electrons. The molecular formula is C32H60N2O5Si4. The summed E-state index contributed by atoms with van der Waals surface area (Å²) in [5, 5.41) is 0. The molecule has 0 unspecified atom stereocenters. The van der Waals surface area contributed by atoms with Gasteiger partial charge in [-0.2, -0.15) is 0 Å². The number of rotatable bonds is 22. The lowest BCUT2D eigenvalue weighted by atomic mass is 10.2. The van der Waals surface area contributed by atoms with Crippen molar-refractivity contribution in [3.63, 3.8) is 0 Å². The minimum atomic E-state index is -2.31. The quantitative estimate of drug-likeness (QED) is 0.0735. The van der Waals surface area contributed by atoms with Crippen molar-refractivity contribution in [1.29, 1.82) is 0 Å². The minimum Gasteiger partial charge on any atom is -0.494 e. The molecule has 0 aliphatic carbocycles. The molecule has 0 aliphatic rings. The largest absolute Gasteiger partial charge is 0.494 e. The summed E-state index contributed by atoms with van der Waals surface area (Å²) in [4.78, 5) is 0. The van der Waals surface area contributed by atoms with E-state index in [0.717, 1.165) is 61.0 Å². The number of hydrogen-bond donors (Lipinski definition) is 2. The van der Waals surface area contributed by atoms with E-state index in [1.165, 1.54) is 38.5 Å². The molecule has 0 aliphatic heterocycles. The summed E-state index contributed by atoms with van der Waals surface area (Å²) in [7, 11) is -8.28. The van der Waals surface area contributed by atoms with Crippen molar-refractivity contribution in [2.75, 3.05) is 24.7 Å². The molecule has 0 spiro atoms. The third kappa shape index (κ3) is 17.5. The number of nitrogens with two attached hydrogens (primary N) is 2. The smallest absolute Gasteiger partial charge is 0.312 e. The number of unbranched alkanes of at least 4 members (excludes halogenated alkanes) is 6. The van der Waals surface area contributed by atoms with Gasteiger partial charge >= 0.3 is 17.1 Å².